The molecule has 1 aromatic heterocycles. The first-order chi connectivity index (χ1) is 13.5. The number of halogens is 1. The van der Waals surface area contributed by atoms with Crippen molar-refractivity contribution in [3.05, 3.63) is 76.0 Å². The van der Waals surface area contributed by atoms with Gasteiger partial charge in [-0.3, -0.25) is 9.48 Å². The van der Waals surface area contributed by atoms with Crippen molar-refractivity contribution in [3.63, 3.8) is 0 Å². The van der Waals surface area contributed by atoms with Gasteiger partial charge in [0.25, 0.3) is 5.91 Å². The standard InChI is InChI=1S/C21H22BrN3O3/c1-24(21(26)17-9-18(27-2)20(22)19(10-17)28-3)12-16-11-23-25(14-16)13-15-7-5-4-6-8-15/h4-11,14H,12-13H2,1-3H3. The minimum atomic E-state index is -0.125. The molecule has 6 nitrogen and oxygen atoms in total. The van der Waals surface area contributed by atoms with Gasteiger partial charge >= 0.3 is 0 Å². The van der Waals surface area contributed by atoms with Crippen LogP contribution in [0.2, 0.25) is 0 Å². The first-order valence-corrected chi connectivity index (χ1v) is 9.53. The first kappa shape index (κ1) is 19.9. The summed E-state index contributed by atoms with van der Waals surface area (Å²) < 4.78 is 13.2. The molecule has 0 saturated heterocycles. The van der Waals surface area contributed by atoms with Gasteiger partial charge in [-0.1, -0.05) is 30.3 Å². The Kier molecular flexibility index (Phi) is 6.36. The SMILES string of the molecule is COc1cc(C(=O)N(C)Cc2cnn(Cc3ccccc3)c2)cc(OC)c1Br. The maximum Gasteiger partial charge on any atom is 0.254 e. The van der Waals surface area contributed by atoms with Crippen molar-refractivity contribution >= 4 is 21.8 Å². The Morgan fingerprint density at radius 1 is 1.11 bits per heavy atom. The number of methoxy groups -OCH3 is 2. The van der Waals surface area contributed by atoms with Crippen LogP contribution in [0, 0.1) is 0 Å². The van der Waals surface area contributed by atoms with E-state index >= 15 is 0 Å². The third-order valence-corrected chi connectivity index (χ3v) is 5.11. The molecule has 28 heavy (non-hydrogen) atoms. The summed E-state index contributed by atoms with van der Waals surface area (Å²) in [4.78, 5) is 14.5. The Labute approximate surface area is 172 Å². The molecule has 0 unspecified atom stereocenters. The minimum absolute atomic E-state index is 0.125. The molecule has 0 N–H and O–H groups in total. The van der Waals surface area contributed by atoms with E-state index in [4.69, 9.17) is 9.47 Å². The topological polar surface area (TPSA) is 56.6 Å². The smallest absolute Gasteiger partial charge is 0.254 e. The molecule has 0 saturated carbocycles. The number of nitrogens with zero attached hydrogens (tertiary/aromatic N) is 3. The average molecular weight is 444 g/mol. The summed E-state index contributed by atoms with van der Waals surface area (Å²) >= 11 is 3.42. The molecule has 0 fully saturated rings. The molecule has 1 amide bonds. The van der Waals surface area contributed by atoms with Gasteiger partial charge in [0.15, 0.2) is 0 Å². The van der Waals surface area contributed by atoms with Crippen LogP contribution in [0.3, 0.4) is 0 Å². The van der Waals surface area contributed by atoms with Crippen LogP contribution in [-0.2, 0) is 13.1 Å². The number of amides is 1. The average Bonchev–Trinajstić information content (AvgIpc) is 3.15. The Morgan fingerprint density at radius 2 is 1.75 bits per heavy atom. The molecule has 7 heteroatoms. The Morgan fingerprint density at radius 3 is 2.36 bits per heavy atom. The number of rotatable bonds is 7. The molecule has 1 heterocycles. The van der Waals surface area contributed by atoms with Gasteiger partial charge in [0.05, 0.1) is 27.0 Å². The highest BCUT2D eigenvalue weighted by atomic mass is 79.9. The van der Waals surface area contributed by atoms with Crippen LogP contribution in [-0.4, -0.2) is 41.9 Å². The van der Waals surface area contributed by atoms with Gasteiger partial charge in [-0.05, 0) is 33.6 Å². The number of carbonyl (C=O) groups is 1. The van der Waals surface area contributed by atoms with Crippen LogP contribution in [0.5, 0.6) is 11.5 Å². The molecule has 0 bridgehead atoms. The van der Waals surface area contributed by atoms with Crippen molar-refractivity contribution in [2.45, 2.75) is 13.1 Å². The maximum atomic E-state index is 12.9. The van der Waals surface area contributed by atoms with Gasteiger partial charge in [0.1, 0.15) is 16.0 Å². The van der Waals surface area contributed by atoms with Gasteiger partial charge in [-0.15, -0.1) is 0 Å². The third kappa shape index (κ3) is 4.54. The second kappa shape index (κ2) is 8.93. The fourth-order valence-corrected chi connectivity index (χ4v) is 3.46. The van der Waals surface area contributed by atoms with Crippen LogP contribution in [0.25, 0.3) is 0 Å². The normalized spacial score (nSPS) is 10.6. The van der Waals surface area contributed by atoms with Crippen molar-refractivity contribution in [2.24, 2.45) is 0 Å². The van der Waals surface area contributed by atoms with E-state index in [1.165, 1.54) is 5.56 Å². The lowest BCUT2D eigenvalue weighted by Crippen LogP contribution is -2.26. The quantitative estimate of drug-likeness (QED) is 0.553. The summed E-state index contributed by atoms with van der Waals surface area (Å²) in [5, 5.41) is 4.40. The monoisotopic (exact) mass is 443 g/mol. The highest BCUT2D eigenvalue weighted by Crippen LogP contribution is 2.35. The molecule has 0 aliphatic carbocycles. The second-order valence-electron chi connectivity index (χ2n) is 6.39. The van der Waals surface area contributed by atoms with Crippen molar-refractivity contribution in [3.8, 4) is 11.5 Å². The fourth-order valence-electron chi connectivity index (χ4n) is 2.90. The highest BCUT2D eigenvalue weighted by molar-refractivity contribution is 9.10. The van der Waals surface area contributed by atoms with E-state index in [0.29, 0.717) is 34.6 Å². The molecule has 3 aromatic rings. The zero-order valence-electron chi connectivity index (χ0n) is 16.1. The van der Waals surface area contributed by atoms with Crippen molar-refractivity contribution in [1.82, 2.24) is 14.7 Å². The predicted octanol–water partition coefficient (Wildman–Crippen LogP) is 3.98. The van der Waals surface area contributed by atoms with E-state index in [2.05, 4.69) is 33.2 Å². The van der Waals surface area contributed by atoms with Crippen LogP contribution >= 0.6 is 15.9 Å². The number of ether oxygens (including phenoxy) is 2. The number of hydrogen-bond acceptors (Lipinski definition) is 4. The third-order valence-electron chi connectivity index (χ3n) is 4.33. The number of aromatic nitrogens is 2. The van der Waals surface area contributed by atoms with Gasteiger partial charge in [0.2, 0.25) is 0 Å². The highest BCUT2D eigenvalue weighted by Gasteiger charge is 2.18. The van der Waals surface area contributed by atoms with Crippen LogP contribution in [0.4, 0.5) is 0 Å². The molecule has 2 aromatic carbocycles. The minimum Gasteiger partial charge on any atom is -0.495 e. The summed E-state index contributed by atoms with van der Waals surface area (Å²) in [6.07, 6.45) is 3.75. The molecule has 0 aliphatic heterocycles. The fraction of sp³-hybridized carbons (Fsp3) is 0.238. The van der Waals surface area contributed by atoms with Crippen LogP contribution < -0.4 is 9.47 Å². The first-order valence-electron chi connectivity index (χ1n) is 8.74. The van der Waals surface area contributed by atoms with E-state index in [-0.39, 0.29) is 5.91 Å². The lowest BCUT2D eigenvalue weighted by atomic mass is 10.1. The van der Waals surface area contributed by atoms with Crippen molar-refractivity contribution in [1.29, 1.82) is 0 Å². The van der Waals surface area contributed by atoms with Crippen molar-refractivity contribution < 1.29 is 14.3 Å². The number of carbonyl (C=O) groups excluding carboxylic acids is 1. The predicted molar refractivity (Wildman–Crippen MR) is 111 cm³/mol. The lowest BCUT2D eigenvalue weighted by molar-refractivity contribution is 0.0784. The van der Waals surface area contributed by atoms with Crippen LogP contribution in [0.15, 0.2) is 59.3 Å². The van der Waals surface area contributed by atoms with Crippen LogP contribution in [0.1, 0.15) is 21.5 Å². The number of hydrogen-bond donors (Lipinski definition) is 0. The molecule has 146 valence electrons. The molecular formula is C21H22BrN3O3. The summed E-state index contributed by atoms with van der Waals surface area (Å²) in [5.74, 6) is 0.971. The van der Waals surface area contributed by atoms with E-state index in [9.17, 15) is 4.79 Å². The molecule has 0 spiro atoms. The largest absolute Gasteiger partial charge is 0.495 e. The molecule has 0 radical (unpaired) electrons. The summed E-state index contributed by atoms with van der Waals surface area (Å²) in [5.41, 5.74) is 2.63. The summed E-state index contributed by atoms with van der Waals surface area (Å²) in [6.45, 7) is 1.15. The zero-order valence-corrected chi connectivity index (χ0v) is 17.6. The van der Waals surface area contributed by atoms with E-state index in [1.54, 1.807) is 44.5 Å². The molecule has 3 rings (SSSR count). The van der Waals surface area contributed by atoms with Crippen molar-refractivity contribution in [2.75, 3.05) is 21.3 Å². The molecular weight excluding hydrogens is 422 g/mol. The lowest BCUT2D eigenvalue weighted by Gasteiger charge is -2.18. The summed E-state index contributed by atoms with van der Waals surface area (Å²) in [6, 6.07) is 13.5. The number of benzene rings is 2. The Balaban J connectivity index is 1.71. The maximum absolute atomic E-state index is 12.9. The van der Waals surface area contributed by atoms with Gasteiger partial charge in [-0.25, -0.2) is 0 Å². The van der Waals surface area contributed by atoms with Gasteiger partial charge < -0.3 is 14.4 Å². The Hall–Kier alpha value is -2.80. The second-order valence-corrected chi connectivity index (χ2v) is 7.18. The zero-order chi connectivity index (χ0) is 20.1. The van der Waals surface area contributed by atoms with E-state index in [0.717, 1.165) is 5.56 Å². The molecule has 0 atom stereocenters. The molecule has 0 aliphatic rings. The van der Waals surface area contributed by atoms with Gasteiger partial charge in [-0.2, -0.15) is 5.10 Å². The Bertz CT molecular complexity index is 932. The van der Waals surface area contributed by atoms with Gasteiger partial charge in [0, 0.05) is 30.9 Å². The summed E-state index contributed by atoms with van der Waals surface area (Å²) in [7, 11) is 4.87. The van der Waals surface area contributed by atoms with E-state index < -0.39 is 0 Å². The van der Waals surface area contributed by atoms with E-state index in [1.807, 2.05) is 29.1 Å².